The van der Waals surface area contributed by atoms with Crippen molar-refractivity contribution < 1.29 is 0 Å². The van der Waals surface area contributed by atoms with E-state index < -0.39 is 8.07 Å². The summed E-state index contributed by atoms with van der Waals surface area (Å²) >= 11 is 3.66. The van der Waals surface area contributed by atoms with Crippen LogP contribution < -0.4 is 0 Å². The van der Waals surface area contributed by atoms with Crippen LogP contribution in [0.2, 0.25) is 19.6 Å². The molecule has 0 N–H and O–H groups in total. The molecular formula is C11H15BrSi. The van der Waals surface area contributed by atoms with Crippen LogP contribution in [-0.4, -0.2) is 8.07 Å². The van der Waals surface area contributed by atoms with E-state index in [9.17, 15) is 0 Å². The van der Waals surface area contributed by atoms with Gasteiger partial charge in [0.1, 0.15) is 0 Å². The molecule has 0 radical (unpaired) electrons. The first kappa shape index (κ1) is 10.7. The van der Waals surface area contributed by atoms with E-state index in [0.29, 0.717) is 0 Å². The third-order valence-corrected chi connectivity index (χ3v) is 7.18. The summed E-state index contributed by atoms with van der Waals surface area (Å²) in [5, 5.41) is 0. The van der Waals surface area contributed by atoms with Gasteiger partial charge in [0.25, 0.3) is 0 Å². The van der Waals surface area contributed by atoms with Crippen LogP contribution >= 0.6 is 15.9 Å². The number of hydrogen-bond donors (Lipinski definition) is 0. The lowest BCUT2D eigenvalue weighted by atomic mass is 10.2. The van der Waals surface area contributed by atoms with Crippen molar-refractivity contribution >= 4 is 30.1 Å². The fourth-order valence-corrected chi connectivity index (χ4v) is 1.78. The minimum absolute atomic E-state index is 1.17. The zero-order valence-electron chi connectivity index (χ0n) is 8.34. The molecule has 1 rings (SSSR count). The third kappa shape index (κ3) is 3.49. The van der Waals surface area contributed by atoms with Crippen molar-refractivity contribution in [2.45, 2.75) is 19.6 Å². The first-order chi connectivity index (χ1) is 6.00. The monoisotopic (exact) mass is 254 g/mol. The Kier molecular flexibility index (Phi) is 3.51. The van der Waals surface area contributed by atoms with Gasteiger partial charge in [-0.3, -0.25) is 0 Å². The Labute approximate surface area is 89.8 Å². The maximum atomic E-state index is 3.66. The molecule has 0 unspecified atom stereocenters. The molecule has 0 aliphatic heterocycles. The van der Waals surface area contributed by atoms with E-state index in [1.54, 1.807) is 0 Å². The molecule has 0 fully saturated rings. The number of rotatable bonds is 2. The van der Waals surface area contributed by atoms with Crippen molar-refractivity contribution in [2.24, 2.45) is 0 Å². The van der Waals surface area contributed by atoms with E-state index in [2.05, 4.69) is 65.9 Å². The van der Waals surface area contributed by atoms with Crippen molar-refractivity contribution in [3.05, 3.63) is 40.0 Å². The van der Waals surface area contributed by atoms with E-state index in [1.165, 1.54) is 9.67 Å². The van der Waals surface area contributed by atoms with Gasteiger partial charge in [0.15, 0.2) is 0 Å². The highest BCUT2D eigenvalue weighted by Gasteiger charge is 2.16. The van der Waals surface area contributed by atoms with Crippen molar-refractivity contribution in [1.82, 2.24) is 0 Å². The Bertz CT molecular complexity index is 296. The van der Waals surface area contributed by atoms with Gasteiger partial charge < -0.3 is 0 Å². The molecule has 0 bridgehead atoms. The van der Waals surface area contributed by atoms with Gasteiger partial charge in [-0.2, -0.15) is 0 Å². The first-order valence-corrected chi connectivity index (χ1v) is 8.72. The first-order valence-electron chi connectivity index (χ1n) is 4.43. The quantitative estimate of drug-likeness (QED) is 0.691. The molecule has 0 amide bonds. The smallest absolute Gasteiger partial charge is 0.0651 e. The number of halogens is 1. The van der Waals surface area contributed by atoms with Gasteiger partial charge in [0, 0.05) is 0 Å². The van der Waals surface area contributed by atoms with Gasteiger partial charge in [0.2, 0.25) is 0 Å². The molecule has 0 saturated carbocycles. The molecule has 0 spiro atoms. The molecule has 0 saturated heterocycles. The lowest BCUT2D eigenvalue weighted by Gasteiger charge is -2.14. The molecule has 0 atom stereocenters. The molecule has 0 aromatic heterocycles. The third-order valence-electron chi connectivity index (χ3n) is 1.81. The van der Waals surface area contributed by atoms with E-state index >= 15 is 0 Å². The van der Waals surface area contributed by atoms with Gasteiger partial charge >= 0.3 is 0 Å². The van der Waals surface area contributed by atoms with E-state index in [1.807, 2.05) is 6.07 Å². The highest BCUT2D eigenvalue weighted by Crippen LogP contribution is 2.23. The summed E-state index contributed by atoms with van der Waals surface area (Å²) in [4.78, 5) is 0. The highest BCUT2D eigenvalue weighted by atomic mass is 79.9. The maximum absolute atomic E-state index is 3.66. The molecule has 2 heteroatoms. The minimum Gasteiger partial charge on any atom is -0.0651 e. The SMILES string of the molecule is C[Si](C)(C)/C(Br)=C/c1ccccc1. The van der Waals surface area contributed by atoms with Crippen LogP contribution in [0.5, 0.6) is 0 Å². The Balaban J connectivity index is 2.90. The molecule has 70 valence electrons. The molecule has 13 heavy (non-hydrogen) atoms. The lowest BCUT2D eigenvalue weighted by molar-refractivity contribution is 1.65. The van der Waals surface area contributed by atoms with E-state index in [0.717, 1.165) is 0 Å². The van der Waals surface area contributed by atoms with Crippen molar-refractivity contribution in [3.63, 3.8) is 0 Å². The van der Waals surface area contributed by atoms with Crippen molar-refractivity contribution in [1.29, 1.82) is 0 Å². The van der Waals surface area contributed by atoms with Gasteiger partial charge in [-0.25, -0.2) is 0 Å². The average Bonchev–Trinajstić information content (AvgIpc) is 2.04. The van der Waals surface area contributed by atoms with Crippen molar-refractivity contribution in [3.8, 4) is 0 Å². The van der Waals surface area contributed by atoms with Crippen LogP contribution in [0.15, 0.2) is 34.4 Å². The summed E-state index contributed by atoms with van der Waals surface area (Å²) in [5.74, 6) is 0. The minimum atomic E-state index is -1.17. The van der Waals surface area contributed by atoms with E-state index in [-0.39, 0.29) is 0 Å². The number of benzene rings is 1. The predicted molar refractivity (Wildman–Crippen MR) is 66.7 cm³/mol. The van der Waals surface area contributed by atoms with Gasteiger partial charge in [-0.15, -0.1) is 0 Å². The zero-order valence-corrected chi connectivity index (χ0v) is 10.9. The second-order valence-electron chi connectivity index (χ2n) is 4.15. The lowest BCUT2D eigenvalue weighted by Crippen LogP contribution is -2.19. The van der Waals surface area contributed by atoms with E-state index in [4.69, 9.17) is 0 Å². The topological polar surface area (TPSA) is 0 Å². The Morgan fingerprint density at radius 1 is 1.15 bits per heavy atom. The van der Waals surface area contributed by atoms with Gasteiger partial charge in [0.05, 0.1) is 8.07 Å². The maximum Gasteiger partial charge on any atom is 0.0865 e. The highest BCUT2D eigenvalue weighted by molar-refractivity contribution is 9.12. The van der Waals surface area contributed by atoms with Crippen LogP contribution in [-0.2, 0) is 0 Å². The fourth-order valence-electron chi connectivity index (χ4n) is 0.912. The van der Waals surface area contributed by atoms with Crippen LogP contribution in [0.1, 0.15) is 5.56 Å². The van der Waals surface area contributed by atoms with Gasteiger partial charge in [-0.1, -0.05) is 65.9 Å². The molecule has 0 nitrogen and oxygen atoms in total. The summed E-state index contributed by atoms with van der Waals surface area (Å²) in [5.41, 5.74) is 1.27. The largest absolute Gasteiger partial charge is 0.0865 e. The molecular weight excluding hydrogens is 240 g/mol. The Morgan fingerprint density at radius 3 is 2.15 bits per heavy atom. The second kappa shape index (κ2) is 4.25. The summed E-state index contributed by atoms with van der Waals surface area (Å²) in [7, 11) is -1.17. The molecule has 0 aliphatic carbocycles. The van der Waals surface area contributed by atoms with Gasteiger partial charge in [-0.05, 0) is 15.7 Å². The van der Waals surface area contributed by atoms with Crippen LogP contribution in [0.4, 0.5) is 0 Å². The second-order valence-corrected chi connectivity index (χ2v) is 10.8. The van der Waals surface area contributed by atoms with Crippen molar-refractivity contribution in [2.75, 3.05) is 0 Å². The zero-order chi connectivity index (χ0) is 9.90. The van der Waals surface area contributed by atoms with Crippen LogP contribution in [0, 0.1) is 0 Å². The normalized spacial score (nSPS) is 13.1. The standard InChI is InChI=1S/C11H15BrSi/c1-13(2,3)11(12)9-10-7-5-4-6-8-10/h4-9H,1-3H3/b11-9+. The predicted octanol–water partition coefficient (Wildman–Crippen LogP) is 4.30. The summed E-state index contributed by atoms with van der Waals surface area (Å²) in [6, 6.07) is 10.4. The van der Waals surface area contributed by atoms with Crippen LogP contribution in [0.3, 0.4) is 0 Å². The molecule has 0 aliphatic rings. The summed E-state index contributed by atoms with van der Waals surface area (Å²) < 4.78 is 1.37. The Hall–Kier alpha value is -0.343. The fraction of sp³-hybridized carbons (Fsp3) is 0.273. The Morgan fingerprint density at radius 2 is 1.69 bits per heavy atom. The summed E-state index contributed by atoms with van der Waals surface area (Å²) in [6.45, 7) is 6.99. The average molecular weight is 255 g/mol. The number of hydrogen-bond acceptors (Lipinski definition) is 0. The molecule has 1 aromatic rings. The van der Waals surface area contributed by atoms with Crippen LogP contribution in [0.25, 0.3) is 6.08 Å². The molecule has 0 heterocycles. The molecule has 1 aromatic carbocycles. The summed E-state index contributed by atoms with van der Waals surface area (Å²) in [6.07, 6.45) is 2.23.